The van der Waals surface area contributed by atoms with E-state index in [9.17, 15) is 0 Å². The molecule has 0 saturated heterocycles. The number of aliphatic hydroxyl groups excluding tert-OH is 1. The van der Waals surface area contributed by atoms with Crippen LogP contribution in [0.3, 0.4) is 0 Å². The molecule has 72 valence electrons. The maximum atomic E-state index is 9.03. The lowest BCUT2D eigenvalue weighted by Crippen LogP contribution is -2.20. The topological polar surface area (TPSA) is 58.3 Å². The number of nitrogens with two attached hydrogens (primary N) is 1. The highest BCUT2D eigenvalue weighted by molar-refractivity contribution is 6.31. The standard InChI is InChI=1S/C9H13ClN2O/c1-12-9(5-13)7-4-6(11)2-3-8(7)10/h2-4,9,12-13H,5,11H2,1H3/t9-/m0/s1. The Morgan fingerprint density at radius 1 is 1.62 bits per heavy atom. The minimum absolute atomic E-state index is 0.000324. The molecule has 0 aliphatic carbocycles. The highest BCUT2D eigenvalue weighted by atomic mass is 35.5. The third-order valence-corrected chi connectivity index (χ3v) is 2.27. The van der Waals surface area contributed by atoms with Crippen LogP contribution in [0.2, 0.25) is 5.02 Å². The van der Waals surface area contributed by atoms with E-state index in [0.29, 0.717) is 10.7 Å². The zero-order valence-corrected chi connectivity index (χ0v) is 8.17. The second-order valence-electron chi connectivity index (χ2n) is 2.80. The zero-order chi connectivity index (χ0) is 9.84. The Kier molecular flexibility index (Phi) is 3.54. The molecule has 1 aromatic rings. The lowest BCUT2D eigenvalue weighted by molar-refractivity contribution is 0.251. The number of anilines is 1. The summed E-state index contributed by atoms with van der Waals surface area (Å²) in [6.45, 7) is -0.000324. The molecule has 4 N–H and O–H groups in total. The molecule has 1 aromatic carbocycles. The molecule has 0 saturated carbocycles. The van der Waals surface area contributed by atoms with Gasteiger partial charge in [0.15, 0.2) is 0 Å². The molecule has 0 aliphatic heterocycles. The normalized spacial score (nSPS) is 12.8. The lowest BCUT2D eigenvalue weighted by Gasteiger charge is -2.15. The molecule has 3 nitrogen and oxygen atoms in total. The quantitative estimate of drug-likeness (QED) is 0.643. The second-order valence-corrected chi connectivity index (χ2v) is 3.21. The highest BCUT2D eigenvalue weighted by Gasteiger charge is 2.11. The summed E-state index contributed by atoms with van der Waals surface area (Å²) in [4.78, 5) is 0. The van der Waals surface area contributed by atoms with Gasteiger partial charge in [-0.05, 0) is 30.8 Å². The van der Waals surface area contributed by atoms with Gasteiger partial charge in [0.25, 0.3) is 0 Å². The summed E-state index contributed by atoms with van der Waals surface area (Å²) in [5.74, 6) is 0. The van der Waals surface area contributed by atoms with Crippen LogP contribution in [-0.4, -0.2) is 18.8 Å². The number of nitrogens with one attached hydrogen (secondary N) is 1. The van der Waals surface area contributed by atoms with Gasteiger partial charge < -0.3 is 16.2 Å². The van der Waals surface area contributed by atoms with Gasteiger partial charge in [0.05, 0.1) is 12.6 Å². The van der Waals surface area contributed by atoms with Crippen LogP contribution in [0, 0.1) is 0 Å². The summed E-state index contributed by atoms with van der Waals surface area (Å²) in [5, 5.41) is 12.6. The zero-order valence-electron chi connectivity index (χ0n) is 7.42. The molecule has 0 aromatic heterocycles. The summed E-state index contributed by atoms with van der Waals surface area (Å²) in [5.41, 5.74) is 7.08. The number of nitrogen functional groups attached to an aromatic ring is 1. The molecule has 0 amide bonds. The van der Waals surface area contributed by atoms with Crippen LogP contribution < -0.4 is 11.1 Å². The summed E-state index contributed by atoms with van der Waals surface area (Å²) in [7, 11) is 1.76. The third-order valence-electron chi connectivity index (χ3n) is 1.93. The van der Waals surface area contributed by atoms with Gasteiger partial charge in [-0.25, -0.2) is 0 Å². The van der Waals surface area contributed by atoms with Gasteiger partial charge in [-0.3, -0.25) is 0 Å². The Hall–Kier alpha value is -0.770. The molecule has 0 radical (unpaired) electrons. The van der Waals surface area contributed by atoms with E-state index in [1.165, 1.54) is 0 Å². The van der Waals surface area contributed by atoms with Crippen molar-refractivity contribution >= 4 is 17.3 Å². The fourth-order valence-electron chi connectivity index (χ4n) is 1.17. The maximum Gasteiger partial charge on any atom is 0.0626 e. The molecule has 4 heteroatoms. The number of hydrogen-bond acceptors (Lipinski definition) is 3. The predicted octanol–water partition coefficient (Wildman–Crippen LogP) is 1.17. The van der Waals surface area contributed by atoms with Crippen molar-refractivity contribution < 1.29 is 5.11 Å². The summed E-state index contributed by atoms with van der Waals surface area (Å²) < 4.78 is 0. The van der Waals surface area contributed by atoms with Crippen molar-refractivity contribution in [2.75, 3.05) is 19.4 Å². The van der Waals surface area contributed by atoms with E-state index in [1.807, 2.05) is 0 Å². The van der Waals surface area contributed by atoms with Crippen LogP contribution in [0.5, 0.6) is 0 Å². The van der Waals surface area contributed by atoms with Crippen LogP contribution in [0.1, 0.15) is 11.6 Å². The minimum Gasteiger partial charge on any atom is -0.399 e. The first-order chi connectivity index (χ1) is 6.19. The average molecular weight is 201 g/mol. The molecular weight excluding hydrogens is 188 g/mol. The molecule has 0 fully saturated rings. The first-order valence-corrected chi connectivity index (χ1v) is 4.40. The van der Waals surface area contributed by atoms with Crippen molar-refractivity contribution in [3.63, 3.8) is 0 Å². The van der Waals surface area contributed by atoms with E-state index in [4.69, 9.17) is 22.4 Å². The summed E-state index contributed by atoms with van der Waals surface area (Å²) in [6, 6.07) is 5.07. The molecule has 1 atom stereocenters. The van der Waals surface area contributed by atoms with Crippen molar-refractivity contribution in [3.05, 3.63) is 28.8 Å². The van der Waals surface area contributed by atoms with E-state index in [1.54, 1.807) is 25.2 Å². The Labute approximate surface area is 82.5 Å². The van der Waals surface area contributed by atoms with E-state index in [0.717, 1.165) is 5.56 Å². The van der Waals surface area contributed by atoms with Crippen LogP contribution in [-0.2, 0) is 0 Å². The monoisotopic (exact) mass is 200 g/mol. The van der Waals surface area contributed by atoms with Gasteiger partial charge in [0.1, 0.15) is 0 Å². The Bertz CT molecular complexity index is 287. The SMILES string of the molecule is CN[C@@H](CO)c1cc(N)ccc1Cl. The number of aliphatic hydroxyl groups is 1. The number of rotatable bonds is 3. The first-order valence-electron chi connectivity index (χ1n) is 4.02. The molecule has 0 spiro atoms. The third kappa shape index (κ3) is 2.34. The van der Waals surface area contributed by atoms with Crippen molar-refractivity contribution in [1.29, 1.82) is 0 Å². The summed E-state index contributed by atoms with van der Waals surface area (Å²) >= 11 is 5.94. The summed E-state index contributed by atoms with van der Waals surface area (Å²) in [6.07, 6.45) is 0. The Morgan fingerprint density at radius 2 is 2.31 bits per heavy atom. The first kappa shape index (κ1) is 10.3. The fraction of sp³-hybridized carbons (Fsp3) is 0.333. The molecule has 0 unspecified atom stereocenters. The van der Waals surface area contributed by atoms with Gasteiger partial charge in [0.2, 0.25) is 0 Å². The van der Waals surface area contributed by atoms with Gasteiger partial charge in [-0.1, -0.05) is 11.6 Å². The molecule has 13 heavy (non-hydrogen) atoms. The minimum atomic E-state index is -0.156. The molecule has 0 aliphatic rings. The van der Waals surface area contributed by atoms with Crippen molar-refractivity contribution in [1.82, 2.24) is 5.32 Å². The van der Waals surface area contributed by atoms with E-state index in [-0.39, 0.29) is 12.6 Å². The van der Waals surface area contributed by atoms with E-state index >= 15 is 0 Å². The highest BCUT2D eigenvalue weighted by Crippen LogP contribution is 2.24. The van der Waals surface area contributed by atoms with Gasteiger partial charge in [0, 0.05) is 10.7 Å². The molecule has 0 bridgehead atoms. The van der Waals surface area contributed by atoms with Crippen molar-refractivity contribution in [2.24, 2.45) is 0 Å². The molecular formula is C9H13ClN2O. The number of benzene rings is 1. The van der Waals surface area contributed by atoms with E-state index < -0.39 is 0 Å². The van der Waals surface area contributed by atoms with Crippen LogP contribution in [0.15, 0.2) is 18.2 Å². The Balaban J connectivity index is 3.03. The van der Waals surface area contributed by atoms with Gasteiger partial charge in [-0.2, -0.15) is 0 Å². The maximum absolute atomic E-state index is 9.03. The average Bonchev–Trinajstić information content (AvgIpc) is 2.13. The number of likely N-dealkylation sites (N-methyl/N-ethyl adjacent to an activating group) is 1. The second kappa shape index (κ2) is 4.46. The van der Waals surface area contributed by atoms with Crippen molar-refractivity contribution in [2.45, 2.75) is 6.04 Å². The van der Waals surface area contributed by atoms with Crippen LogP contribution >= 0.6 is 11.6 Å². The fourth-order valence-corrected chi connectivity index (χ4v) is 1.42. The van der Waals surface area contributed by atoms with Crippen LogP contribution in [0.4, 0.5) is 5.69 Å². The number of hydrogen-bond donors (Lipinski definition) is 3. The largest absolute Gasteiger partial charge is 0.399 e. The number of halogens is 1. The van der Waals surface area contributed by atoms with Crippen LogP contribution in [0.25, 0.3) is 0 Å². The van der Waals surface area contributed by atoms with Gasteiger partial charge >= 0.3 is 0 Å². The molecule has 1 rings (SSSR count). The predicted molar refractivity (Wildman–Crippen MR) is 54.8 cm³/mol. The van der Waals surface area contributed by atoms with Crippen molar-refractivity contribution in [3.8, 4) is 0 Å². The molecule has 0 heterocycles. The van der Waals surface area contributed by atoms with E-state index in [2.05, 4.69) is 5.32 Å². The smallest absolute Gasteiger partial charge is 0.0626 e. The van der Waals surface area contributed by atoms with Gasteiger partial charge in [-0.15, -0.1) is 0 Å². The lowest BCUT2D eigenvalue weighted by atomic mass is 10.1. The Morgan fingerprint density at radius 3 is 2.85 bits per heavy atom.